The van der Waals surface area contributed by atoms with Gasteiger partial charge in [-0.3, -0.25) is 14.9 Å². The van der Waals surface area contributed by atoms with Gasteiger partial charge in [0.25, 0.3) is 0 Å². The molecule has 0 bridgehead atoms. The molecule has 3 aromatic rings. The fourth-order valence-electron chi connectivity index (χ4n) is 2.74. The average Bonchev–Trinajstić information content (AvgIpc) is 3.10. The number of carbonyl (C=O) groups excluding carboxylic acids is 1. The summed E-state index contributed by atoms with van der Waals surface area (Å²) in [5.41, 5.74) is 1.51. The minimum Gasteiger partial charge on any atom is -0.325 e. The topological polar surface area (TPSA) is 103 Å². The third kappa shape index (κ3) is 4.77. The molecule has 0 spiro atoms. The molecule has 0 unspecified atom stereocenters. The molecule has 10 heteroatoms. The fourth-order valence-corrected chi connectivity index (χ4v) is 3.54. The Kier molecular flexibility index (Phi) is 6.23. The van der Waals surface area contributed by atoms with Crippen molar-refractivity contribution in [3.05, 3.63) is 64.0 Å². The number of nitro benzene ring substituents is 1. The maximum atomic E-state index is 13.4. The van der Waals surface area contributed by atoms with Crippen molar-refractivity contribution in [1.29, 1.82) is 0 Å². The summed E-state index contributed by atoms with van der Waals surface area (Å²) in [5, 5.41) is 22.4. The molecule has 0 saturated carbocycles. The molecule has 1 N–H and O–H groups in total. The van der Waals surface area contributed by atoms with Crippen LogP contribution < -0.4 is 5.32 Å². The molecule has 0 atom stereocenters. The summed E-state index contributed by atoms with van der Waals surface area (Å²) in [4.78, 5) is 22.2. The van der Waals surface area contributed by atoms with Crippen molar-refractivity contribution in [2.24, 2.45) is 0 Å². The Bertz CT molecular complexity index is 1070. The second-order valence-corrected chi connectivity index (χ2v) is 7.12. The van der Waals surface area contributed by atoms with Crippen LogP contribution in [-0.4, -0.2) is 31.3 Å². The van der Waals surface area contributed by atoms with E-state index in [1.165, 1.54) is 17.8 Å². The smallest absolute Gasteiger partial charge is 0.306 e. The maximum Gasteiger partial charge on any atom is 0.306 e. The van der Waals surface area contributed by atoms with Gasteiger partial charge in [0, 0.05) is 23.9 Å². The largest absolute Gasteiger partial charge is 0.325 e. The van der Waals surface area contributed by atoms with E-state index < -0.39 is 22.3 Å². The monoisotopic (exact) mass is 415 g/mol. The Labute approximate surface area is 170 Å². The van der Waals surface area contributed by atoms with E-state index in [4.69, 9.17) is 0 Å². The normalized spacial score (nSPS) is 10.7. The molecular formula is C19H18FN5O3S. The van der Waals surface area contributed by atoms with E-state index in [1.54, 1.807) is 0 Å². The van der Waals surface area contributed by atoms with Gasteiger partial charge < -0.3 is 9.88 Å². The first-order valence-corrected chi connectivity index (χ1v) is 9.74. The lowest BCUT2D eigenvalue weighted by Gasteiger charge is -2.08. The SMILES string of the molecule is CCn1c(SCC(=O)Nc2ccc(F)c([N+](=O)[O-])c2)nnc1-c1cccc(C)c1. The van der Waals surface area contributed by atoms with E-state index >= 15 is 0 Å². The van der Waals surface area contributed by atoms with E-state index in [1.807, 2.05) is 42.7 Å². The highest BCUT2D eigenvalue weighted by Gasteiger charge is 2.17. The van der Waals surface area contributed by atoms with E-state index in [2.05, 4.69) is 15.5 Å². The third-order valence-corrected chi connectivity index (χ3v) is 5.04. The van der Waals surface area contributed by atoms with Crippen LogP contribution in [0, 0.1) is 22.9 Å². The van der Waals surface area contributed by atoms with Gasteiger partial charge in [-0.1, -0.05) is 35.5 Å². The molecule has 0 aliphatic carbocycles. The van der Waals surface area contributed by atoms with Gasteiger partial charge in [-0.05, 0) is 32.0 Å². The zero-order chi connectivity index (χ0) is 21.0. The van der Waals surface area contributed by atoms with Gasteiger partial charge in [0.05, 0.1) is 10.7 Å². The molecule has 1 heterocycles. The van der Waals surface area contributed by atoms with Crippen LogP contribution in [0.5, 0.6) is 0 Å². The average molecular weight is 415 g/mol. The van der Waals surface area contributed by atoms with E-state index in [0.29, 0.717) is 17.5 Å². The summed E-state index contributed by atoms with van der Waals surface area (Å²) >= 11 is 1.20. The second-order valence-electron chi connectivity index (χ2n) is 6.18. The van der Waals surface area contributed by atoms with Gasteiger partial charge in [-0.15, -0.1) is 10.2 Å². The van der Waals surface area contributed by atoms with Crippen LogP contribution >= 0.6 is 11.8 Å². The van der Waals surface area contributed by atoms with Crippen LogP contribution in [0.15, 0.2) is 47.6 Å². The van der Waals surface area contributed by atoms with Crippen molar-refractivity contribution >= 4 is 29.0 Å². The number of aromatic nitrogens is 3. The zero-order valence-corrected chi connectivity index (χ0v) is 16.6. The Morgan fingerprint density at radius 1 is 1.28 bits per heavy atom. The quantitative estimate of drug-likeness (QED) is 0.355. The van der Waals surface area contributed by atoms with Crippen molar-refractivity contribution in [3.8, 4) is 11.4 Å². The number of anilines is 1. The molecule has 0 fully saturated rings. The molecule has 2 aromatic carbocycles. The number of benzene rings is 2. The van der Waals surface area contributed by atoms with Crippen molar-refractivity contribution in [2.75, 3.05) is 11.1 Å². The summed E-state index contributed by atoms with van der Waals surface area (Å²) < 4.78 is 15.3. The number of aryl methyl sites for hydroxylation is 1. The van der Waals surface area contributed by atoms with E-state index in [9.17, 15) is 19.3 Å². The van der Waals surface area contributed by atoms with Crippen molar-refractivity contribution < 1.29 is 14.1 Å². The van der Waals surface area contributed by atoms with Crippen LogP contribution in [0.1, 0.15) is 12.5 Å². The van der Waals surface area contributed by atoms with Gasteiger partial charge in [-0.2, -0.15) is 4.39 Å². The minimum atomic E-state index is -0.956. The molecule has 1 amide bonds. The number of thioether (sulfide) groups is 1. The number of nitrogens with zero attached hydrogens (tertiary/aromatic N) is 4. The molecule has 29 heavy (non-hydrogen) atoms. The van der Waals surface area contributed by atoms with Crippen LogP contribution in [-0.2, 0) is 11.3 Å². The Hall–Kier alpha value is -3.27. The van der Waals surface area contributed by atoms with Crippen LogP contribution in [0.25, 0.3) is 11.4 Å². The van der Waals surface area contributed by atoms with Gasteiger partial charge in [-0.25, -0.2) is 0 Å². The lowest BCUT2D eigenvalue weighted by atomic mass is 10.1. The molecule has 0 aliphatic rings. The number of hydrogen-bond acceptors (Lipinski definition) is 6. The predicted octanol–water partition coefficient (Wildman–Crippen LogP) is 4.05. The summed E-state index contributed by atoms with van der Waals surface area (Å²) in [6.45, 7) is 4.59. The summed E-state index contributed by atoms with van der Waals surface area (Å²) in [6, 6.07) is 11.1. The Morgan fingerprint density at radius 2 is 2.07 bits per heavy atom. The summed E-state index contributed by atoms with van der Waals surface area (Å²) in [5.74, 6) is -0.606. The standard InChI is InChI=1S/C19H18FN5O3S/c1-3-24-18(13-6-4-5-12(2)9-13)22-23-19(24)29-11-17(26)21-14-7-8-15(20)16(10-14)25(27)28/h4-10H,3,11H2,1-2H3,(H,21,26). The number of halogens is 1. The van der Waals surface area contributed by atoms with Crippen LogP contribution in [0.4, 0.5) is 15.8 Å². The van der Waals surface area contributed by atoms with Gasteiger partial charge >= 0.3 is 5.69 Å². The fraction of sp³-hybridized carbons (Fsp3) is 0.211. The lowest BCUT2D eigenvalue weighted by Crippen LogP contribution is -2.15. The molecule has 0 aliphatic heterocycles. The first kappa shape index (κ1) is 20.5. The van der Waals surface area contributed by atoms with Crippen molar-refractivity contribution in [3.63, 3.8) is 0 Å². The number of rotatable bonds is 7. The maximum absolute atomic E-state index is 13.4. The van der Waals surface area contributed by atoms with Gasteiger partial charge in [0.1, 0.15) is 0 Å². The number of nitro groups is 1. The van der Waals surface area contributed by atoms with Crippen molar-refractivity contribution in [2.45, 2.75) is 25.5 Å². The third-order valence-electron chi connectivity index (χ3n) is 4.07. The predicted molar refractivity (Wildman–Crippen MR) is 108 cm³/mol. The van der Waals surface area contributed by atoms with E-state index in [-0.39, 0.29) is 11.4 Å². The molecule has 1 aromatic heterocycles. The summed E-state index contributed by atoms with van der Waals surface area (Å²) in [7, 11) is 0. The van der Waals surface area contributed by atoms with Gasteiger partial charge in [0.2, 0.25) is 11.7 Å². The zero-order valence-electron chi connectivity index (χ0n) is 15.8. The molecule has 3 rings (SSSR count). The first-order valence-electron chi connectivity index (χ1n) is 8.76. The molecule has 0 saturated heterocycles. The first-order chi connectivity index (χ1) is 13.9. The highest BCUT2D eigenvalue weighted by atomic mass is 32.2. The number of nitrogens with one attached hydrogen (secondary N) is 1. The second kappa shape index (κ2) is 8.82. The van der Waals surface area contributed by atoms with Crippen LogP contribution in [0.2, 0.25) is 0 Å². The highest BCUT2D eigenvalue weighted by molar-refractivity contribution is 7.99. The molecule has 150 valence electrons. The van der Waals surface area contributed by atoms with Crippen LogP contribution in [0.3, 0.4) is 0 Å². The lowest BCUT2D eigenvalue weighted by molar-refractivity contribution is -0.387. The Morgan fingerprint density at radius 3 is 2.76 bits per heavy atom. The minimum absolute atomic E-state index is 0.0249. The van der Waals surface area contributed by atoms with Gasteiger partial charge in [0.15, 0.2) is 11.0 Å². The van der Waals surface area contributed by atoms with Crippen molar-refractivity contribution in [1.82, 2.24) is 14.8 Å². The number of carbonyl (C=O) groups is 1. The highest BCUT2D eigenvalue weighted by Crippen LogP contribution is 2.25. The Balaban J connectivity index is 1.69. The number of hydrogen-bond donors (Lipinski definition) is 1. The number of amides is 1. The molecular weight excluding hydrogens is 397 g/mol. The van der Waals surface area contributed by atoms with E-state index in [0.717, 1.165) is 23.3 Å². The summed E-state index contributed by atoms with van der Waals surface area (Å²) in [6.07, 6.45) is 0. The molecule has 8 nitrogen and oxygen atoms in total. The molecule has 0 radical (unpaired) electrons.